The lowest BCUT2D eigenvalue weighted by molar-refractivity contribution is 0.0932. The second-order valence-corrected chi connectivity index (χ2v) is 7.46. The molecule has 2 aromatic rings. The Morgan fingerprint density at radius 1 is 1.04 bits per heavy atom. The van der Waals surface area contributed by atoms with Crippen molar-refractivity contribution in [2.24, 2.45) is 0 Å². The van der Waals surface area contributed by atoms with Crippen LogP contribution in [0.5, 0.6) is 0 Å². The lowest BCUT2D eigenvalue weighted by Gasteiger charge is -2.35. The summed E-state index contributed by atoms with van der Waals surface area (Å²) >= 11 is 0. The van der Waals surface area contributed by atoms with Crippen molar-refractivity contribution in [1.29, 1.82) is 0 Å². The molecule has 1 heterocycles. The SMILES string of the molecule is CN1CCN(c2ccc3c(c2)C(NC(=O)c2ccccc2)CCC3)CC1. The van der Waals surface area contributed by atoms with Gasteiger partial charge in [0.05, 0.1) is 6.04 Å². The van der Waals surface area contributed by atoms with Crippen LogP contribution in [0.2, 0.25) is 0 Å². The number of likely N-dealkylation sites (N-methyl/N-ethyl adjacent to an activating group) is 1. The topological polar surface area (TPSA) is 35.6 Å². The molecule has 4 rings (SSSR count). The van der Waals surface area contributed by atoms with E-state index in [-0.39, 0.29) is 11.9 Å². The molecule has 1 aliphatic heterocycles. The van der Waals surface area contributed by atoms with Crippen LogP contribution in [-0.4, -0.2) is 44.0 Å². The summed E-state index contributed by atoms with van der Waals surface area (Å²) in [5, 5.41) is 3.26. The molecule has 1 amide bonds. The minimum absolute atomic E-state index is 0.0217. The van der Waals surface area contributed by atoms with Gasteiger partial charge in [0.25, 0.3) is 5.91 Å². The Balaban J connectivity index is 1.54. The van der Waals surface area contributed by atoms with Gasteiger partial charge in [-0.2, -0.15) is 0 Å². The first-order valence-corrected chi connectivity index (χ1v) is 9.63. The van der Waals surface area contributed by atoms with Crippen molar-refractivity contribution in [2.75, 3.05) is 38.1 Å². The Morgan fingerprint density at radius 3 is 2.58 bits per heavy atom. The standard InChI is InChI=1S/C22H27N3O/c1-24-12-14-25(15-13-24)19-11-10-17-8-5-9-21(20(17)16-19)23-22(26)18-6-3-2-4-7-18/h2-4,6-7,10-11,16,21H,5,8-9,12-15H2,1H3,(H,23,26). The number of rotatable bonds is 3. The van der Waals surface area contributed by atoms with Gasteiger partial charge in [0, 0.05) is 37.4 Å². The molecule has 0 radical (unpaired) electrons. The number of nitrogens with zero attached hydrogens (tertiary/aromatic N) is 2. The van der Waals surface area contributed by atoms with Crippen molar-refractivity contribution in [3.8, 4) is 0 Å². The van der Waals surface area contributed by atoms with Crippen molar-refractivity contribution in [3.63, 3.8) is 0 Å². The fourth-order valence-electron chi connectivity index (χ4n) is 4.03. The molecule has 4 heteroatoms. The van der Waals surface area contributed by atoms with Crippen LogP contribution < -0.4 is 10.2 Å². The van der Waals surface area contributed by atoms with E-state index >= 15 is 0 Å². The van der Waals surface area contributed by atoms with Gasteiger partial charge in [-0.1, -0.05) is 24.3 Å². The molecule has 1 unspecified atom stereocenters. The van der Waals surface area contributed by atoms with E-state index in [0.29, 0.717) is 0 Å². The second-order valence-electron chi connectivity index (χ2n) is 7.46. The number of carbonyl (C=O) groups excluding carboxylic acids is 1. The van der Waals surface area contributed by atoms with Gasteiger partial charge in [0.1, 0.15) is 0 Å². The van der Waals surface area contributed by atoms with E-state index in [1.54, 1.807) is 0 Å². The zero-order valence-electron chi connectivity index (χ0n) is 15.4. The first-order chi connectivity index (χ1) is 12.7. The van der Waals surface area contributed by atoms with E-state index in [9.17, 15) is 4.79 Å². The summed E-state index contributed by atoms with van der Waals surface area (Å²) in [6.07, 6.45) is 3.24. The number of anilines is 1. The highest BCUT2D eigenvalue weighted by molar-refractivity contribution is 5.94. The van der Waals surface area contributed by atoms with Gasteiger partial charge < -0.3 is 15.1 Å². The molecule has 0 aromatic heterocycles. The monoisotopic (exact) mass is 349 g/mol. The highest BCUT2D eigenvalue weighted by atomic mass is 16.1. The highest BCUT2D eigenvalue weighted by Gasteiger charge is 2.24. The molecule has 1 saturated heterocycles. The predicted molar refractivity (Wildman–Crippen MR) is 106 cm³/mol. The molecule has 1 atom stereocenters. The minimum Gasteiger partial charge on any atom is -0.369 e. The quantitative estimate of drug-likeness (QED) is 0.924. The Kier molecular flexibility index (Phi) is 4.93. The molecule has 0 saturated carbocycles. The first-order valence-electron chi connectivity index (χ1n) is 9.63. The average molecular weight is 349 g/mol. The van der Waals surface area contributed by atoms with Gasteiger partial charge in [-0.15, -0.1) is 0 Å². The van der Waals surface area contributed by atoms with Gasteiger partial charge >= 0.3 is 0 Å². The van der Waals surface area contributed by atoms with Crippen LogP contribution in [0.1, 0.15) is 40.4 Å². The number of piperazine rings is 1. The third kappa shape index (κ3) is 3.61. The normalized spacial score (nSPS) is 20.5. The van der Waals surface area contributed by atoms with Crippen LogP contribution in [0.4, 0.5) is 5.69 Å². The molecule has 4 nitrogen and oxygen atoms in total. The summed E-state index contributed by atoms with van der Waals surface area (Å²) in [5.41, 5.74) is 4.71. The minimum atomic E-state index is 0.0217. The molecule has 26 heavy (non-hydrogen) atoms. The molecule has 0 spiro atoms. The number of fused-ring (bicyclic) bond motifs is 1. The predicted octanol–water partition coefficient (Wildman–Crippen LogP) is 3.25. The van der Waals surface area contributed by atoms with Crippen LogP contribution in [0.3, 0.4) is 0 Å². The highest BCUT2D eigenvalue weighted by Crippen LogP contribution is 2.33. The molecule has 1 aliphatic carbocycles. The molecule has 2 aromatic carbocycles. The summed E-state index contributed by atoms with van der Waals surface area (Å²) in [5.74, 6) is 0.0217. The maximum absolute atomic E-state index is 12.6. The van der Waals surface area contributed by atoms with E-state index in [2.05, 4.69) is 40.4 Å². The molecular weight excluding hydrogens is 322 g/mol. The van der Waals surface area contributed by atoms with E-state index in [1.807, 2.05) is 30.3 Å². The molecule has 1 N–H and O–H groups in total. The molecular formula is C22H27N3O. The maximum Gasteiger partial charge on any atom is 0.251 e. The average Bonchev–Trinajstić information content (AvgIpc) is 2.69. The summed E-state index contributed by atoms with van der Waals surface area (Å²) in [6, 6.07) is 16.5. The summed E-state index contributed by atoms with van der Waals surface area (Å²) in [6.45, 7) is 4.34. The lowest BCUT2D eigenvalue weighted by Crippen LogP contribution is -2.44. The number of benzene rings is 2. The van der Waals surface area contributed by atoms with Gasteiger partial charge in [0.15, 0.2) is 0 Å². The second kappa shape index (κ2) is 7.50. The van der Waals surface area contributed by atoms with Gasteiger partial charge in [-0.05, 0) is 61.7 Å². The van der Waals surface area contributed by atoms with Crippen molar-refractivity contribution in [3.05, 3.63) is 65.2 Å². The van der Waals surface area contributed by atoms with Crippen LogP contribution in [0.25, 0.3) is 0 Å². The summed E-state index contributed by atoms with van der Waals surface area (Å²) < 4.78 is 0. The van der Waals surface area contributed by atoms with Crippen molar-refractivity contribution in [2.45, 2.75) is 25.3 Å². The molecule has 0 bridgehead atoms. The number of nitrogens with one attached hydrogen (secondary N) is 1. The van der Waals surface area contributed by atoms with E-state index in [1.165, 1.54) is 16.8 Å². The van der Waals surface area contributed by atoms with Crippen LogP contribution in [0.15, 0.2) is 48.5 Å². The Morgan fingerprint density at radius 2 is 1.81 bits per heavy atom. The number of aryl methyl sites for hydroxylation is 1. The van der Waals surface area contributed by atoms with Gasteiger partial charge in [-0.25, -0.2) is 0 Å². The Labute approximate surface area is 155 Å². The van der Waals surface area contributed by atoms with E-state index < -0.39 is 0 Å². The smallest absolute Gasteiger partial charge is 0.251 e. The van der Waals surface area contributed by atoms with Crippen LogP contribution in [-0.2, 0) is 6.42 Å². The third-order valence-corrected chi connectivity index (χ3v) is 5.65. The fraction of sp³-hybridized carbons (Fsp3) is 0.409. The number of hydrogen-bond acceptors (Lipinski definition) is 3. The number of amides is 1. The maximum atomic E-state index is 12.6. The molecule has 136 valence electrons. The van der Waals surface area contributed by atoms with Crippen LogP contribution >= 0.6 is 0 Å². The molecule has 2 aliphatic rings. The number of carbonyl (C=O) groups is 1. The summed E-state index contributed by atoms with van der Waals surface area (Å²) in [7, 11) is 2.18. The fourth-order valence-corrected chi connectivity index (χ4v) is 4.03. The van der Waals surface area contributed by atoms with Crippen molar-refractivity contribution in [1.82, 2.24) is 10.2 Å². The zero-order chi connectivity index (χ0) is 17.9. The largest absolute Gasteiger partial charge is 0.369 e. The van der Waals surface area contributed by atoms with Gasteiger partial charge in [0.2, 0.25) is 0 Å². The molecule has 1 fully saturated rings. The van der Waals surface area contributed by atoms with E-state index in [4.69, 9.17) is 0 Å². The summed E-state index contributed by atoms with van der Waals surface area (Å²) in [4.78, 5) is 17.5. The third-order valence-electron chi connectivity index (χ3n) is 5.65. The zero-order valence-corrected chi connectivity index (χ0v) is 15.4. The first kappa shape index (κ1) is 17.1. The number of hydrogen-bond donors (Lipinski definition) is 1. The van der Waals surface area contributed by atoms with Gasteiger partial charge in [-0.3, -0.25) is 4.79 Å². The Hall–Kier alpha value is -2.33. The van der Waals surface area contributed by atoms with E-state index in [0.717, 1.165) is 51.0 Å². The lowest BCUT2D eigenvalue weighted by atomic mass is 9.87. The Bertz CT molecular complexity index is 766. The van der Waals surface area contributed by atoms with Crippen LogP contribution in [0, 0.1) is 0 Å². The van der Waals surface area contributed by atoms with Crippen molar-refractivity contribution >= 4 is 11.6 Å². The van der Waals surface area contributed by atoms with Crippen molar-refractivity contribution < 1.29 is 4.79 Å².